The standard InChI is InChI=1S/C12H16BrN3OS/c1-15-5-4-11(8-15)16-7-9-2-3-10(13)6-12(9)14-18(16)17/h2-3,6,11,14H,4-5,7-8H2,1H3. The molecule has 2 atom stereocenters. The zero-order chi connectivity index (χ0) is 12.7. The highest BCUT2D eigenvalue weighted by Crippen LogP contribution is 2.30. The summed E-state index contributed by atoms with van der Waals surface area (Å²) >= 11 is 2.32. The van der Waals surface area contributed by atoms with Crippen LogP contribution in [0.2, 0.25) is 0 Å². The zero-order valence-electron chi connectivity index (χ0n) is 10.2. The monoisotopic (exact) mass is 329 g/mol. The van der Waals surface area contributed by atoms with Gasteiger partial charge in [0.05, 0.1) is 5.69 Å². The molecule has 0 aliphatic carbocycles. The third-order valence-electron chi connectivity index (χ3n) is 3.58. The molecule has 3 rings (SSSR count). The number of nitrogens with one attached hydrogen (secondary N) is 1. The normalized spacial score (nSPS) is 29.0. The molecule has 0 aromatic heterocycles. The second-order valence-electron chi connectivity index (χ2n) is 4.93. The van der Waals surface area contributed by atoms with Crippen LogP contribution in [-0.2, 0) is 17.7 Å². The molecule has 2 heterocycles. The van der Waals surface area contributed by atoms with E-state index in [0.717, 1.165) is 36.2 Å². The summed E-state index contributed by atoms with van der Waals surface area (Å²) in [6.45, 7) is 2.85. The maximum absolute atomic E-state index is 12.3. The van der Waals surface area contributed by atoms with Crippen molar-refractivity contribution in [2.24, 2.45) is 0 Å². The summed E-state index contributed by atoms with van der Waals surface area (Å²) < 4.78 is 18.4. The summed E-state index contributed by atoms with van der Waals surface area (Å²) in [5, 5.41) is 0. The molecule has 0 bridgehead atoms. The Bertz CT molecular complexity index is 496. The first-order valence-electron chi connectivity index (χ1n) is 6.05. The van der Waals surface area contributed by atoms with Crippen molar-refractivity contribution in [3.63, 3.8) is 0 Å². The van der Waals surface area contributed by atoms with Gasteiger partial charge in [0, 0.05) is 23.6 Å². The number of anilines is 1. The molecule has 0 amide bonds. The van der Waals surface area contributed by atoms with Crippen molar-refractivity contribution in [2.75, 3.05) is 24.9 Å². The Hall–Kier alpha value is -0.430. The third-order valence-corrected chi connectivity index (χ3v) is 5.32. The van der Waals surface area contributed by atoms with Crippen molar-refractivity contribution in [3.8, 4) is 0 Å². The van der Waals surface area contributed by atoms with E-state index in [1.165, 1.54) is 5.56 Å². The molecule has 0 saturated carbocycles. The lowest BCUT2D eigenvalue weighted by Gasteiger charge is -2.32. The first-order chi connectivity index (χ1) is 8.63. The highest BCUT2D eigenvalue weighted by atomic mass is 79.9. The smallest absolute Gasteiger partial charge is 0.197 e. The minimum Gasteiger partial charge on any atom is -0.305 e. The van der Waals surface area contributed by atoms with Crippen LogP contribution in [0, 0.1) is 0 Å². The van der Waals surface area contributed by atoms with Gasteiger partial charge in [0.2, 0.25) is 0 Å². The molecule has 1 fully saturated rings. The number of hydrogen-bond acceptors (Lipinski definition) is 2. The number of rotatable bonds is 1. The SMILES string of the molecule is CN1CCC(N2Cc3ccc(Br)cc3NS2=O)C1. The molecule has 1 N–H and O–H groups in total. The van der Waals surface area contributed by atoms with Gasteiger partial charge in [-0.05, 0) is 37.7 Å². The minimum atomic E-state index is -1.12. The van der Waals surface area contributed by atoms with Crippen molar-refractivity contribution >= 4 is 32.8 Å². The summed E-state index contributed by atoms with van der Waals surface area (Å²) in [5.74, 6) is 0. The molecule has 6 heteroatoms. The average Bonchev–Trinajstić information content (AvgIpc) is 2.74. The minimum absolute atomic E-state index is 0.389. The van der Waals surface area contributed by atoms with E-state index >= 15 is 0 Å². The van der Waals surface area contributed by atoms with Crippen LogP contribution in [0.1, 0.15) is 12.0 Å². The van der Waals surface area contributed by atoms with Crippen LogP contribution >= 0.6 is 15.9 Å². The molecule has 1 saturated heterocycles. The van der Waals surface area contributed by atoms with E-state index in [1.807, 2.05) is 12.1 Å². The second kappa shape index (κ2) is 4.92. The van der Waals surface area contributed by atoms with Gasteiger partial charge in [0.15, 0.2) is 11.2 Å². The van der Waals surface area contributed by atoms with Gasteiger partial charge in [-0.3, -0.25) is 4.72 Å². The molecule has 98 valence electrons. The van der Waals surface area contributed by atoms with Crippen molar-refractivity contribution in [3.05, 3.63) is 28.2 Å². The van der Waals surface area contributed by atoms with Crippen molar-refractivity contribution in [1.29, 1.82) is 0 Å². The lowest BCUT2D eigenvalue weighted by molar-refractivity contribution is 0.317. The van der Waals surface area contributed by atoms with E-state index in [-0.39, 0.29) is 0 Å². The van der Waals surface area contributed by atoms with Crippen molar-refractivity contribution in [1.82, 2.24) is 9.21 Å². The molecule has 2 unspecified atom stereocenters. The molecule has 0 spiro atoms. The van der Waals surface area contributed by atoms with Gasteiger partial charge >= 0.3 is 0 Å². The lowest BCUT2D eigenvalue weighted by Crippen LogP contribution is -2.43. The molecular formula is C12H16BrN3OS. The van der Waals surface area contributed by atoms with E-state index in [2.05, 4.69) is 43.0 Å². The maximum Gasteiger partial charge on any atom is 0.197 e. The molecule has 2 aliphatic heterocycles. The van der Waals surface area contributed by atoms with Crippen LogP contribution in [-0.4, -0.2) is 39.6 Å². The Kier molecular flexibility index (Phi) is 3.44. The molecular weight excluding hydrogens is 314 g/mol. The van der Waals surface area contributed by atoms with Gasteiger partial charge in [0.1, 0.15) is 0 Å². The third kappa shape index (κ3) is 2.34. The Labute approximate surface area is 118 Å². The predicted octanol–water partition coefficient (Wildman–Crippen LogP) is 1.96. The highest BCUT2D eigenvalue weighted by Gasteiger charge is 2.32. The van der Waals surface area contributed by atoms with E-state index in [4.69, 9.17) is 0 Å². The summed E-state index contributed by atoms with van der Waals surface area (Å²) in [4.78, 5) is 2.29. The molecule has 18 heavy (non-hydrogen) atoms. The van der Waals surface area contributed by atoms with Crippen LogP contribution in [0.4, 0.5) is 5.69 Å². The maximum atomic E-state index is 12.3. The number of likely N-dealkylation sites (tertiary alicyclic amines) is 1. The van der Waals surface area contributed by atoms with Crippen LogP contribution in [0.5, 0.6) is 0 Å². The predicted molar refractivity (Wildman–Crippen MR) is 77.4 cm³/mol. The Morgan fingerprint density at radius 2 is 2.33 bits per heavy atom. The topological polar surface area (TPSA) is 35.6 Å². The fourth-order valence-corrected chi connectivity index (χ4v) is 4.13. The van der Waals surface area contributed by atoms with Crippen LogP contribution < -0.4 is 4.72 Å². The van der Waals surface area contributed by atoms with Gasteiger partial charge in [-0.15, -0.1) is 0 Å². The number of nitrogens with zero attached hydrogens (tertiary/aromatic N) is 2. The number of likely N-dealkylation sites (N-methyl/N-ethyl adjacent to an activating group) is 1. The largest absolute Gasteiger partial charge is 0.305 e. The Morgan fingerprint density at radius 3 is 3.06 bits per heavy atom. The van der Waals surface area contributed by atoms with Gasteiger partial charge < -0.3 is 4.90 Å². The number of halogens is 1. The number of hydrogen-bond donors (Lipinski definition) is 1. The number of benzene rings is 1. The van der Waals surface area contributed by atoms with E-state index in [0.29, 0.717) is 6.04 Å². The molecule has 4 nitrogen and oxygen atoms in total. The van der Waals surface area contributed by atoms with E-state index < -0.39 is 11.2 Å². The fraction of sp³-hybridized carbons (Fsp3) is 0.500. The summed E-state index contributed by atoms with van der Waals surface area (Å²) in [7, 11) is 2.12. The summed E-state index contributed by atoms with van der Waals surface area (Å²) in [5.41, 5.74) is 2.19. The number of fused-ring (bicyclic) bond motifs is 1. The van der Waals surface area contributed by atoms with Gasteiger partial charge in [0.25, 0.3) is 0 Å². The van der Waals surface area contributed by atoms with E-state index in [9.17, 15) is 4.21 Å². The van der Waals surface area contributed by atoms with Crippen LogP contribution in [0.15, 0.2) is 22.7 Å². The first-order valence-corrected chi connectivity index (χ1v) is 7.95. The van der Waals surface area contributed by atoms with E-state index in [1.54, 1.807) is 0 Å². The molecule has 2 aliphatic rings. The summed E-state index contributed by atoms with van der Waals surface area (Å²) in [6.07, 6.45) is 1.09. The average molecular weight is 330 g/mol. The Balaban J connectivity index is 1.83. The zero-order valence-corrected chi connectivity index (χ0v) is 12.6. The van der Waals surface area contributed by atoms with Gasteiger partial charge in [-0.25, -0.2) is 4.21 Å². The fourth-order valence-electron chi connectivity index (χ4n) is 2.57. The quantitative estimate of drug-likeness (QED) is 0.854. The second-order valence-corrected chi connectivity index (χ2v) is 7.02. The first kappa shape index (κ1) is 12.6. The molecule has 1 aromatic carbocycles. The van der Waals surface area contributed by atoms with Crippen molar-refractivity contribution in [2.45, 2.75) is 19.0 Å². The van der Waals surface area contributed by atoms with Crippen LogP contribution in [0.25, 0.3) is 0 Å². The summed E-state index contributed by atoms with van der Waals surface area (Å²) in [6, 6.07) is 6.51. The van der Waals surface area contributed by atoms with Gasteiger partial charge in [-0.1, -0.05) is 22.0 Å². The van der Waals surface area contributed by atoms with Crippen LogP contribution in [0.3, 0.4) is 0 Å². The molecule has 0 radical (unpaired) electrons. The molecule has 1 aromatic rings. The van der Waals surface area contributed by atoms with Gasteiger partial charge in [-0.2, -0.15) is 4.31 Å². The van der Waals surface area contributed by atoms with Crippen molar-refractivity contribution < 1.29 is 4.21 Å². The highest BCUT2D eigenvalue weighted by molar-refractivity contribution is 9.10. The Morgan fingerprint density at radius 1 is 1.50 bits per heavy atom. The lowest BCUT2D eigenvalue weighted by atomic mass is 10.1.